The first-order valence-electron chi connectivity index (χ1n) is 7.15. The number of hydrogen-bond acceptors (Lipinski definition) is 4. The fourth-order valence-corrected chi connectivity index (χ4v) is 2.02. The molecule has 1 unspecified atom stereocenters. The predicted octanol–water partition coefficient (Wildman–Crippen LogP) is 0.959. The molecular weight excluding hydrogens is 272 g/mol. The minimum Gasteiger partial charge on any atom is -0.409 e. The maximum absolute atomic E-state index is 12.4. The molecule has 0 radical (unpaired) electrons. The van der Waals surface area contributed by atoms with Crippen molar-refractivity contribution in [3.63, 3.8) is 0 Å². The Labute approximate surface area is 126 Å². The summed E-state index contributed by atoms with van der Waals surface area (Å²) in [4.78, 5) is 24.4. The summed E-state index contributed by atoms with van der Waals surface area (Å²) in [5, 5.41) is 17.3. The first kappa shape index (κ1) is 19.2. The Bertz CT molecular complexity index is 409. The van der Waals surface area contributed by atoms with E-state index in [-0.39, 0.29) is 17.3 Å². The number of nitrogens with two attached hydrogens (primary N) is 1. The summed E-state index contributed by atoms with van der Waals surface area (Å²) in [7, 11) is 0. The second-order valence-electron chi connectivity index (χ2n) is 6.21. The summed E-state index contributed by atoms with van der Waals surface area (Å²) >= 11 is 0. The van der Waals surface area contributed by atoms with Gasteiger partial charge in [-0.05, 0) is 40.5 Å². The van der Waals surface area contributed by atoms with Crippen molar-refractivity contribution in [2.75, 3.05) is 0 Å². The molecule has 0 heterocycles. The summed E-state index contributed by atoms with van der Waals surface area (Å²) in [5.74, 6) is -0.843. The smallest absolute Gasteiger partial charge is 0.242 e. The predicted molar refractivity (Wildman–Crippen MR) is 81.9 cm³/mol. The molecule has 0 bridgehead atoms. The average molecular weight is 300 g/mol. The number of nitrogens with one attached hydrogen (secondary N) is 2. The number of oxime groups is 1. The van der Waals surface area contributed by atoms with E-state index in [0.29, 0.717) is 12.8 Å². The van der Waals surface area contributed by atoms with Crippen LogP contribution in [-0.2, 0) is 9.59 Å². The molecule has 0 rings (SSSR count). The van der Waals surface area contributed by atoms with E-state index in [1.54, 1.807) is 20.8 Å². The van der Waals surface area contributed by atoms with Gasteiger partial charge < -0.3 is 21.6 Å². The Kier molecular flexibility index (Phi) is 6.66. The van der Waals surface area contributed by atoms with Crippen molar-refractivity contribution in [1.29, 1.82) is 0 Å². The van der Waals surface area contributed by atoms with Crippen LogP contribution in [0.1, 0.15) is 54.4 Å². The molecule has 122 valence electrons. The Morgan fingerprint density at radius 3 is 2.05 bits per heavy atom. The molecule has 5 N–H and O–H groups in total. The Morgan fingerprint density at radius 2 is 1.71 bits per heavy atom. The highest BCUT2D eigenvalue weighted by atomic mass is 16.4. The summed E-state index contributed by atoms with van der Waals surface area (Å²) in [6, 6.07) is -0.708. The average Bonchev–Trinajstić information content (AvgIpc) is 2.38. The van der Waals surface area contributed by atoms with E-state index in [9.17, 15) is 9.59 Å². The molecule has 0 spiro atoms. The Morgan fingerprint density at radius 1 is 1.24 bits per heavy atom. The van der Waals surface area contributed by atoms with Gasteiger partial charge in [-0.3, -0.25) is 9.59 Å². The van der Waals surface area contributed by atoms with E-state index in [2.05, 4.69) is 15.8 Å². The zero-order chi connectivity index (χ0) is 16.8. The zero-order valence-corrected chi connectivity index (χ0v) is 13.8. The fourth-order valence-electron chi connectivity index (χ4n) is 2.02. The van der Waals surface area contributed by atoms with Gasteiger partial charge in [-0.25, -0.2) is 0 Å². The SMILES string of the molecule is CCC(CC)(C(=O)NC(C)C(=O)NC(C)(C)C)C(N)=NO. The van der Waals surface area contributed by atoms with Gasteiger partial charge in [-0.15, -0.1) is 0 Å². The number of hydrogen-bond donors (Lipinski definition) is 4. The molecule has 0 aliphatic carbocycles. The van der Waals surface area contributed by atoms with Crippen LogP contribution in [-0.4, -0.2) is 34.4 Å². The normalized spacial score (nSPS) is 14.5. The highest BCUT2D eigenvalue weighted by Crippen LogP contribution is 2.27. The second kappa shape index (κ2) is 7.28. The summed E-state index contributed by atoms with van der Waals surface area (Å²) in [6.07, 6.45) is 0.748. The topological polar surface area (TPSA) is 117 Å². The quantitative estimate of drug-likeness (QED) is 0.253. The molecule has 0 fully saturated rings. The third-order valence-corrected chi connectivity index (χ3v) is 3.48. The van der Waals surface area contributed by atoms with E-state index < -0.39 is 17.4 Å². The maximum Gasteiger partial charge on any atom is 0.242 e. The van der Waals surface area contributed by atoms with Crippen LogP contribution in [0.15, 0.2) is 5.16 Å². The summed E-state index contributed by atoms with van der Waals surface area (Å²) in [6.45, 7) is 10.7. The number of rotatable bonds is 6. The van der Waals surface area contributed by atoms with Crippen molar-refractivity contribution in [2.24, 2.45) is 16.3 Å². The largest absolute Gasteiger partial charge is 0.409 e. The lowest BCUT2D eigenvalue weighted by atomic mass is 9.80. The molecule has 0 saturated heterocycles. The molecular formula is C14H28N4O3. The van der Waals surface area contributed by atoms with E-state index in [1.807, 2.05) is 20.8 Å². The summed E-state index contributed by atoms with van der Waals surface area (Å²) in [5.41, 5.74) is 4.18. The first-order chi connectivity index (χ1) is 9.54. The van der Waals surface area contributed by atoms with Gasteiger partial charge in [0, 0.05) is 5.54 Å². The molecule has 21 heavy (non-hydrogen) atoms. The maximum atomic E-state index is 12.4. The Balaban J connectivity index is 5.05. The minimum atomic E-state index is -1.11. The lowest BCUT2D eigenvalue weighted by molar-refractivity contribution is -0.133. The van der Waals surface area contributed by atoms with Crippen LogP contribution in [0.25, 0.3) is 0 Å². The van der Waals surface area contributed by atoms with Crippen molar-refractivity contribution < 1.29 is 14.8 Å². The second-order valence-corrected chi connectivity index (χ2v) is 6.21. The molecule has 2 amide bonds. The standard InChI is InChI=1S/C14H28N4O3/c1-7-14(8-2,11(15)18-21)12(20)16-9(3)10(19)17-13(4,5)6/h9,21H,7-8H2,1-6H3,(H2,15,18)(H,16,20)(H,17,19). The number of nitrogens with zero attached hydrogens (tertiary/aromatic N) is 1. The van der Waals surface area contributed by atoms with E-state index in [1.165, 1.54) is 0 Å². The number of amides is 2. The number of amidine groups is 1. The zero-order valence-electron chi connectivity index (χ0n) is 13.8. The van der Waals surface area contributed by atoms with Crippen LogP contribution in [0, 0.1) is 5.41 Å². The lowest BCUT2D eigenvalue weighted by Gasteiger charge is -2.31. The van der Waals surface area contributed by atoms with Crippen LogP contribution < -0.4 is 16.4 Å². The molecule has 0 aromatic heterocycles. The first-order valence-corrected chi connectivity index (χ1v) is 7.15. The molecule has 0 aliphatic rings. The molecule has 0 aromatic rings. The van der Waals surface area contributed by atoms with Gasteiger partial charge in [0.1, 0.15) is 11.5 Å². The van der Waals surface area contributed by atoms with Crippen molar-refractivity contribution in [3.05, 3.63) is 0 Å². The minimum absolute atomic E-state index is 0.145. The molecule has 0 saturated carbocycles. The monoisotopic (exact) mass is 300 g/mol. The van der Waals surface area contributed by atoms with Gasteiger partial charge in [0.2, 0.25) is 11.8 Å². The number of carbonyl (C=O) groups is 2. The number of carbonyl (C=O) groups excluding carboxylic acids is 2. The molecule has 0 aliphatic heterocycles. The summed E-state index contributed by atoms with van der Waals surface area (Å²) < 4.78 is 0. The van der Waals surface area contributed by atoms with Crippen molar-refractivity contribution >= 4 is 17.6 Å². The molecule has 7 nitrogen and oxygen atoms in total. The Hall–Kier alpha value is -1.79. The molecule has 1 atom stereocenters. The van der Waals surface area contributed by atoms with Crippen LogP contribution in [0.2, 0.25) is 0 Å². The van der Waals surface area contributed by atoms with E-state index >= 15 is 0 Å². The van der Waals surface area contributed by atoms with Crippen LogP contribution >= 0.6 is 0 Å². The van der Waals surface area contributed by atoms with Gasteiger partial charge in [-0.1, -0.05) is 19.0 Å². The molecule has 7 heteroatoms. The lowest BCUT2D eigenvalue weighted by Crippen LogP contribution is -2.56. The highest BCUT2D eigenvalue weighted by molar-refractivity contribution is 6.07. The molecule has 0 aromatic carbocycles. The fraction of sp³-hybridized carbons (Fsp3) is 0.786. The van der Waals surface area contributed by atoms with Crippen molar-refractivity contribution in [3.8, 4) is 0 Å². The van der Waals surface area contributed by atoms with Crippen LogP contribution in [0.3, 0.4) is 0 Å². The van der Waals surface area contributed by atoms with Gasteiger partial charge in [-0.2, -0.15) is 0 Å². The van der Waals surface area contributed by atoms with Gasteiger partial charge >= 0.3 is 0 Å². The van der Waals surface area contributed by atoms with Gasteiger partial charge in [0.25, 0.3) is 0 Å². The van der Waals surface area contributed by atoms with E-state index in [4.69, 9.17) is 10.9 Å². The van der Waals surface area contributed by atoms with Gasteiger partial charge in [0.15, 0.2) is 5.84 Å². The highest BCUT2D eigenvalue weighted by Gasteiger charge is 2.40. The third kappa shape index (κ3) is 4.91. The van der Waals surface area contributed by atoms with E-state index in [0.717, 1.165) is 0 Å². The van der Waals surface area contributed by atoms with Crippen molar-refractivity contribution in [1.82, 2.24) is 10.6 Å². The van der Waals surface area contributed by atoms with Crippen LogP contribution in [0.5, 0.6) is 0 Å². The third-order valence-electron chi connectivity index (χ3n) is 3.48. The van der Waals surface area contributed by atoms with Crippen molar-refractivity contribution in [2.45, 2.75) is 66.0 Å². The van der Waals surface area contributed by atoms with Gasteiger partial charge in [0.05, 0.1) is 0 Å². The van der Waals surface area contributed by atoms with Crippen LogP contribution in [0.4, 0.5) is 0 Å².